The first-order valence-corrected chi connectivity index (χ1v) is 8.35. The van der Waals surface area contributed by atoms with Crippen LogP contribution in [0.2, 0.25) is 0 Å². The lowest BCUT2D eigenvalue weighted by Crippen LogP contribution is -2.25. The minimum absolute atomic E-state index is 0.348. The molecule has 3 rings (SSSR count). The van der Waals surface area contributed by atoms with Gasteiger partial charge >= 0.3 is 11.6 Å². The molecular formula is C18H17NO4S. The van der Waals surface area contributed by atoms with Crippen LogP contribution in [0.3, 0.4) is 0 Å². The number of aromatic nitrogens is 1. The maximum absolute atomic E-state index is 12.2. The Hall–Kier alpha value is -2.47. The van der Waals surface area contributed by atoms with Crippen LogP contribution in [0.4, 0.5) is 0 Å². The van der Waals surface area contributed by atoms with Crippen LogP contribution in [0.15, 0.2) is 38.9 Å². The maximum atomic E-state index is 12.2. The van der Waals surface area contributed by atoms with E-state index in [0.29, 0.717) is 21.9 Å². The summed E-state index contributed by atoms with van der Waals surface area (Å²) < 4.78 is 10.7. The highest BCUT2D eigenvalue weighted by Gasteiger charge is 2.24. The molecule has 0 atom stereocenters. The first-order chi connectivity index (χ1) is 11.2. The molecule has 0 spiro atoms. The third-order valence-electron chi connectivity index (χ3n) is 3.38. The Bertz CT molecular complexity index is 979. The predicted octanol–water partition coefficient (Wildman–Crippen LogP) is 4.18. The molecule has 6 heteroatoms. The van der Waals surface area contributed by atoms with Crippen LogP contribution in [0.5, 0.6) is 5.75 Å². The summed E-state index contributed by atoms with van der Waals surface area (Å²) in [5.41, 5.74) is 0.592. The Morgan fingerprint density at radius 2 is 2.00 bits per heavy atom. The number of benzene rings is 1. The number of carbonyl (C=O) groups is 1. The zero-order valence-corrected chi connectivity index (χ0v) is 14.7. The lowest BCUT2D eigenvalue weighted by molar-refractivity contribution is -0.142. The Morgan fingerprint density at radius 3 is 2.62 bits per heavy atom. The maximum Gasteiger partial charge on any atom is 0.346 e. The lowest BCUT2D eigenvalue weighted by atomic mass is 9.97. The molecule has 0 unspecified atom stereocenters. The van der Waals surface area contributed by atoms with Gasteiger partial charge in [0.05, 0.1) is 11.0 Å². The third kappa shape index (κ3) is 3.23. The van der Waals surface area contributed by atoms with Crippen molar-refractivity contribution in [1.82, 2.24) is 4.98 Å². The molecular weight excluding hydrogens is 326 g/mol. The largest absolute Gasteiger partial charge is 0.426 e. The number of thiazole rings is 1. The molecule has 124 valence electrons. The van der Waals surface area contributed by atoms with Gasteiger partial charge in [-0.2, -0.15) is 0 Å². The first kappa shape index (κ1) is 16.4. The molecule has 24 heavy (non-hydrogen) atoms. The van der Waals surface area contributed by atoms with Crippen LogP contribution in [-0.4, -0.2) is 11.0 Å². The molecule has 0 bridgehead atoms. The van der Waals surface area contributed by atoms with E-state index < -0.39 is 11.0 Å². The molecule has 0 aliphatic carbocycles. The Kier molecular flexibility index (Phi) is 4.01. The average Bonchev–Trinajstić information content (AvgIpc) is 2.91. The van der Waals surface area contributed by atoms with Gasteiger partial charge < -0.3 is 9.15 Å². The van der Waals surface area contributed by atoms with E-state index in [1.165, 1.54) is 11.3 Å². The van der Waals surface area contributed by atoms with Crippen LogP contribution in [0.25, 0.3) is 21.5 Å². The molecule has 0 amide bonds. The van der Waals surface area contributed by atoms with E-state index in [4.69, 9.17) is 9.15 Å². The van der Waals surface area contributed by atoms with Crippen molar-refractivity contribution in [3.63, 3.8) is 0 Å². The minimum atomic E-state index is -0.609. The fourth-order valence-electron chi connectivity index (χ4n) is 2.04. The zero-order chi connectivity index (χ0) is 17.5. The van der Waals surface area contributed by atoms with Crippen LogP contribution >= 0.6 is 11.3 Å². The third-order valence-corrected chi connectivity index (χ3v) is 4.37. The van der Waals surface area contributed by atoms with E-state index >= 15 is 0 Å². The van der Waals surface area contributed by atoms with E-state index in [0.717, 1.165) is 11.1 Å². The summed E-state index contributed by atoms with van der Waals surface area (Å²) in [6.45, 7) is 7.20. The molecule has 5 nitrogen and oxygen atoms in total. The van der Waals surface area contributed by atoms with Crippen molar-refractivity contribution >= 4 is 28.3 Å². The summed E-state index contributed by atoms with van der Waals surface area (Å²) in [6.07, 6.45) is 0. The molecule has 0 aliphatic rings. The van der Waals surface area contributed by atoms with Crippen molar-refractivity contribution in [2.45, 2.75) is 27.7 Å². The van der Waals surface area contributed by atoms with Gasteiger partial charge in [-0.1, -0.05) is 0 Å². The number of ether oxygens (including phenoxy) is 1. The van der Waals surface area contributed by atoms with Crippen LogP contribution < -0.4 is 10.4 Å². The molecule has 0 saturated heterocycles. The number of esters is 1. The predicted molar refractivity (Wildman–Crippen MR) is 93.4 cm³/mol. The summed E-state index contributed by atoms with van der Waals surface area (Å²) in [6, 6.07) is 6.74. The second-order valence-electron chi connectivity index (χ2n) is 6.58. The highest BCUT2D eigenvalue weighted by Crippen LogP contribution is 2.27. The molecule has 0 fully saturated rings. The topological polar surface area (TPSA) is 69.4 Å². The van der Waals surface area contributed by atoms with Gasteiger partial charge in [-0.15, -0.1) is 11.3 Å². The zero-order valence-electron chi connectivity index (χ0n) is 13.9. The van der Waals surface area contributed by atoms with Gasteiger partial charge in [0.2, 0.25) is 0 Å². The van der Waals surface area contributed by atoms with Gasteiger partial charge in [-0.25, -0.2) is 9.78 Å². The second kappa shape index (κ2) is 5.87. The van der Waals surface area contributed by atoms with Crippen molar-refractivity contribution in [1.29, 1.82) is 0 Å². The molecule has 2 heterocycles. The number of fused-ring (bicyclic) bond motifs is 1. The number of rotatable bonds is 2. The Morgan fingerprint density at radius 1 is 1.25 bits per heavy atom. The first-order valence-electron chi connectivity index (χ1n) is 7.47. The summed E-state index contributed by atoms with van der Waals surface area (Å²) in [4.78, 5) is 28.5. The highest BCUT2D eigenvalue weighted by molar-refractivity contribution is 7.13. The quantitative estimate of drug-likeness (QED) is 0.397. The summed E-state index contributed by atoms with van der Waals surface area (Å²) in [7, 11) is 0. The molecule has 0 N–H and O–H groups in total. The SMILES string of the molecule is Cc1csc(-c2cc3ccc(OC(=O)C(C)(C)C)cc3oc2=O)n1. The molecule has 0 aliphatic heterocycles. The number of aryl methyl sites for hydroxylation is 1. The van der Waals surface area contributed by atoms with Crippen LogP contribution in [-0.2, 0) is 4.79 Å². The van der Waals surface area contributed by atoms with Crippen LogP contribution in [0, 0.1) is 12.3 Å². The van der Waals surface area contributed by atoms with E-state index in [9.17, 15) is 9.59 Å². The highest BCUT2D eigenvalue weighted by atomic mass is 32.1. The van der Waals surface area contributed by atoms with Gasteiger partial charge in [-0.05, 0) is 45.9 Å². The average molecular weight is 343 g/mol. The summed E-state index contributed by atoms with van der Waals surface area (Å²) in [5.74, 6) is 0.00231. The number of hydrogen-bond donors (Lipinski definition) is 0. The summed E-state index contributed by atoms with van der Waals surface area (Å²) in [5, 5.41) is 3.26. The molecule has 0 radical (unpaired) electrons. The molecule has 1 aromatic carbocycles. The van der Waals surface area contributed by atoms with Crippen molar-refractivity contribution < 1.29 is 13.9 Å². The van der Waals surface area contributed by atoms with Gasteiger partial charge in [0, 0.05) is 22.5 Å². The number of nitrogens with zero attached hydrogens (tertiary/aromatic N) is 1. The molecule has 0 saturated carbocycles. The van der Waals surface area contributed by atoms with E-state index in [-0.39, 0.29) is 5.97 Å². The lowest BCUT2D eigenvalue weighted by Gasteiger charge is -2.16. The van der Waals surface area contributed by atoms with Crippen molar-refractivity contribution in [2.75, 3.05) is 0 Å². The van der Waals surface area contributed by atoms with Gasteiger partial charge in [-0.3, -0.25) is 4.79 Å². The molecule has 2 aromatic heterocycles. The number of carbonyl (C=O) groups excluding carboxylic acids is 1. The van der Waals surface area contributed by atoms with E-state index in [2.05, 4.69) is 4.98 Å². The standard InChI is InChI=1S/C18H17NO4S/c1-10-9-24-15(19-10)13-7-11-5-6-12(8-14(11)23-16(13)20)22-17(21)18(2,3)4/h5-9H,1-4H3. The molecule has 3 aromatic rings. The minimum Gasteiger partial charge on any atom is -0.426 e. The van der Waals surface area contributed by atoms with Gasteiger partial charge in [0.25, 0.3) is 0 Å². The monoisotopic (exact) mass is 343 g/mol. The number of hydrogen-bond acceptors (Lipinski definition) is 6. The smallest absolute Gasteiger partial charge is 0.346 e. The van der Waals surface area contributed by atoms with Gasteiger partial charge in [0.1, 0.15) is 16.3 Å². The second-order valence-corrected chi connectivity index (χ2v) is 7.44. The van der Waals surface area contributed by atoms with Gasteiger partial charge in [0.15, 0.2) is 0 Å². The normalized spacial score (nSPS) is 11.7. The van der Waals surface area contributed by atoms with Crippen molar-refractivity contribution in [3.05, 3.63) is 45.8 Å². The van der Waals surface area contributed by atoms with Crippen LogP contribution in [0.1, 0.15) is 26.5 Å². The Balaban J connectivity index is 2.00. The van der Waals surface area contributed by atoms with Crippen molar-refractivity contribution in [2.24, 2.45) is 5.41 Å². The fraction of sp³-hybridized carbons (Fsp3) is 0.278. The fourth-order valence-corrected chi connectivity index (χ4v) is 2.84. The van der Waals surface area contributed by atoms with Crippen molar-refractivity contribution in [3.8, 4) is 16.3 Å². The summed E-state index contributed by atoms with van der Waals surface area (Å²) >= 11 is 1.40. The Labute approximate surface area is 142 Å². The van der Waals surface area contributed by atoms with E-state index in [1.54, 1.807) is 45.0 Å². The van der Waals surface area contributed by atoms with E-state index in [1.807, 2.05) is 12.3 Å².